The average Bonchev–Trinajstić information content (AvgIpc) is 2.51. The molecule has 0 heterocycles. The van der Waals surface area contributed by atoms with Gasteiger partial charge in [0, 0.05) is 24.3 Å². The third-order valence-electron chi connectivity index (χ3n) is 4.02. The van der Waals surface area contributed by atoms with Crippen molar-refractivity contribution in [2.75, 3.05) is 18.5 Å². The molecule has 1 fully saturated rings. The lowest BCUT2D eigenvalue weighted by Crippen LogP contribution is -2.40. The van der Waals surface area contributed by atoms with Crippen LogP contribution < -0.4 is 21.1 Å². The number of ether oxygens (including phenoxy) is 2. The second-order valence-electron chi connectivity index (χ2n) is 7.58. The lowest BCUT2D eigenvalue weighted by Gasteiger charge is -2.27. The van der Waals surface area contributed by atoms with Crippen molar-refractivity contribution in [3.05, 3.63) is 24.3 Å². The molecule has 4 N–H and O–H groups in total. The summed E-state index contributed by atoms with van der Waals surface area (Å²) in [7, 11) is 0. The van der Waals surface area contributed by atoms with E-state index in [-0.39, 0.29) is 0 Å². The number of anilines is 1. The fourth-order valence-corrected chi connectivity index (χ4v) is 2.90. The van der Waals surface area contributed by atoms with Gasteiger partial charge in [-0.25, -0.2) is 4.79 Å². The molecule has 140 valence electrons. The van der Waals surface area contributed by atoms with E-state index in [1.807, 2.05) is 32.9 Å². The quantitative estimate of drug-likeness (QED) is 0.686. The van der Waals surface area contributed by atoms with E-state index in [9.17, 15) is 4.79 Å². The number of hydrogen-bond donors (Lipinski definition) is 3. The highest BCUT2D eigenvalue weighted by Crippen LogP contribution is 2.18. The molecule has 1 amide bonds. The van der Waals surface area contributed by atoms with Gasteiger partial charge in [-0.2, -0.15) is 0 Å². The Labute approximate surface area is 150 Å². The zero-order valence-corrected chi connectivity index (χ0v) is 15.5. The van der Waals surface area contributed by atoms with Crippen molar-refractivity contribution in [1.82, 2.24) is 5.32 Å². The molecule has 0 saturated heterocycles. The monoisotopic (exact) mass is 349 g/mol. The van der Waals surface area contributed by atoms with Gasteiger partial charge in [0.2, 0.25) is 0 Å². The maximum Gasteiger partial charge on any atom is 0.412 e. The van der Waals surface area contributed by atoms with Crippen LogP contribution in [0.4, 0.5) is 10.5 Å². The molecule has 1 aliphatic carbocycles. The summed E-state index contributed by atoms with van der Waals surface area (Å²) < 4.78 is 10.9. The van der Waals surface area contributed by atoms with E-state index < -0.39 is 11.7 Å². The molecule has 2 unspecified atom stereocenters. The lowest BCUT2D eigenvalue weighted by molar-refractivity contribution is 0.0636. The fourth-order valence-electron chi connectivity index (χ4n) is 2.90. The summed E-state index contributed by atoms with van der Waals surface area (Å²) in [5.74, 6) is 0.775. The van der Waals surface area contributed by atoms with Crippen molar-refractivity contribution in [1.29, 1.82) is 0 Å². The van der Waals surface area contributed by atoms with Gasteiger partial charge in [-0.15, -0.1) is 0 Å². The van der Waals surface area contributed by atoms with Gasteiger partial charge in [-0.05, 0) is 64.3 Å². The second kappa shape index (κ2) is 9.06. The highest BCUT2D eigenvalue weighted by atomic mass is 16.6. The van der Waals surface area contributed by atoms with E-state index in [2.05, 4.69) is 10.6 Å². The summed E-state index contributed by atoms with van der Waals surface area (Å²) in [6, 6.07) is 8.11. The topological polar surface area (TPSA) is 85.6 Å². The molecule has 1 aliphatic rings. The average molecular weight is 349 g/mol. The minimum atomic E-state index is -0.512. The van der Waals surface area contributed by atoms with Crippen LogP contribution in [0, 0.1) is 0 Å². The first kappa shape index (κ1) is 19.5. The molecule has 0 aliphatic heterocycles. The highest BCUT2D eigenvalue weighted by molar-refractivity contribution is 5.84. The number of nitrogens with one attached hydrogen (secondary N) is 2. The van der Waals surface area contributed by atoms with E-state index in [4.69, 9.17) is 15.2 Å². The number of carbonyl (C=O) groups excluding carboxylic acids is 1. The van der Waals surface area contributed by atoms with Crippen LogP contribution in [0.2, 0.25) is 0 Å². The van der Waals surface area contributed by atoms with Crippen molar-refractivity contribution in [3.63, 3.8) is 0 Å². The van der Waals surface area contributed by atoms with Crippen molar-refractivity contribution < 1.29 is 14.3 Å². The summed E-state index contributed by atoms with van der Waals surface area (Å²) >= 11 is 0. The summed E-state index contributed by atoms with van der Waals surface area (Å²) in [4.78, 5) is 11.7. The Morgan fingerprint density at radius 2 is 1.96 bits per heavy atom. The molecule has 6 nitrogen and oxygen atoms in total. The number of rotatable bonds is 6. The molecule has 1 aromatic rings. The zero-order valence-electron chi connectivity index (χ0n) is 15.5. The normalized spacial score (nSPS) is 20.8. The van der Waals surface area contributed by atoms with Crippen molar-refractivity contribution in [3.8, 4) is 5.75 Å². The third-order valence-corrected chi connectivity index (χ3v) is 4.02. The van der Waals surface area contributed by atoms with Gasteiger partial charge in [0.1, 0.15) is 18.0 Å². The predicted octanol–water partition coefficient (Wildman–Crippen LogP) is 3.27. The number of nitrogens with two attached hydrogens (primary N) is 1. The Bertz CT molecular complexity index is 540. The Morgan fingerprint density at radius 1 is 1.24 bits per heavy atom. The van der Waals surface area contributed by atoms with Gasteiger partial charge in [-0.1, -0.05) is 6.42 Å². The molecule has 0 spiro atoms. The maximum atomic E-state index is 11.7. The largest absolute Gasteiger partial charge is 0.492 e. The van der Waals surface area contributed by atoms with Crippen molar-refractivity contribution in [2.45, 2.75) is 64.1 Å². The molecule has 0 radical (unpaired) electrons. The molecule has 1 aromatic carbocycles. The fraction of sp³-hybridized carbons (Fsp3) is 0.632. The molecule has 2 rings (SSSR count). The van der Waals surface area contributed by atoms with Gasteiger partial charge in [-0.3, -0.25) is 5.32 Å². The molecule has 2 atom stereocenters. The zero-order chi connectivity index (χ0) is 18.3. The highest BCUT2D eigenvalue weighted by Gasteiger charge is 2.18. The maximum absolute atomic E-state index is 11.7. The lowest BCUT2D eigenvalue weighted by atomic mass is 9.92. The van der Waals surface area contributed by atoms with E-state index >= 15 is 0 Å². The van der Waals surface area contributed by atoms with Gasteiger partial charge < -0.3 is 20.5 Å². The van der Waals surface area contributed by atoms with Crippen LogP contribution in [0.25, 0.3) is 0 Å². The number of hydrogen-bond acceptors (Lipinski definition) is 5. The first-order valence-corrected chi connectivity index (χ1v) is 9.04. The Balaban J connectivity index is 1.67. The molecule has 6 heteroatoms. The van der Waals surface area contributed by atoms with Crippen LogP contribution in [0.3, 0.4) is 0 Å². The Morgan fingerprint density at radius 3 is 2.60 bits per heavy atom. The molecule has 1 saturated carbocycles. The number of benzene rings is 1. The predicted molar refractivity (Wildman–Crippen MR) is 100 cm³/mol. The minimum absolute atomic E-state index is 0.331. The van der Waals surface area contributed by atoms with Crippen molar-refractivity contribution in [2.24, 2.45) is 5.73 Å². The van der Waals surface area contributed by atoms with Gasteiger partial charge >= 0.3 is 6.09 Å². The summed E-state index contributed by atoms with van der Waals surface area (Å²) in [6.07, 6.45) is 4.12. The first-order valence-electron chi connectivity index (χ1n) is 9.04. The third kappa shape index (κ3) is 7.75. The minimum Gasteiger partial charge on any atom is -0.492 e. The Hall–Kier alpha value is -1.79. The summed E-state index contributed by atoms with van der Waals surface area (Å²) in [5.41, 5.74) is 6.16. The molecule has 0 aromatic heterocycles. The van der Waals surface area contributed by atoms with Crippen LogP contribution in [-0.2, 0) is 4.74 Å². The Kier molecular flexibility index (Phi) is 7.08. The summed E-state index contributed by atoms with van der Waals surface area (Å²) in [6.45, 7) is 6.90. The van der Waals surface area contributed by atoms with E-state index in [1.54, 1.807) is 12.1 Å². The van der Waals surface area contributed by atoms with Crippen LogP contribution in [0.15, 0.2) is 24.3 Å². The van der Waals surface area contributed by atoms with Crippen LogP contribution in [-0.4, -0.2) is 36.9 Å². The molecule has 0 bridgehead atoms. The molecular formula is C19H31N3O3. The first-order chi connectivity index (χ1) is 11.8. The second-order valence-corrected chi connectivity index (χ2v) is 7.58. The number of carbonyl (C=O) groups is 1. The van der Waals surface area contributed by atoms with Crippen LogP contribution >= 0.6 is 0 Å². The summed E-state index contributed by atoms with van der Waals surface area (Å²) in [5, 5.41) is 6.20. The van der Waals surface area contributed by atoms with E-state index in [0.717, 1.165) is 25.1 Å². The van der Waals surface area contributed by atoms with Gasteiger partial charge in [0.05, 0.1) is 0 Å². The van der Waals surface area contributed by atoms with Gasteiger partial charge in [0.25, 0.3) is 0 Å². The van der Waals surface area contributed by atoms with E-state index in [0.29, 0.717) is 24.4 Å². The molecule has 25 heavy (non-hydrogen) atoms. The standard InChI is InChI=1S/C19H31N3O3/c1-19(2,3)25-18(23)22-15-7-9-17(10-8-15)24-12-11-21-16-6-4-5-14(20)13-16/h7-10,14,16,21H,4-6,11-13,20H2,1-3H3,(H,22,23). The van der Waals surface area contributed by atoms with Crippen molar-refractivity contribution >= 4 is 11.8 Å². The smallest absolute Gasteiger partial charge is 0.412 e. The molecular weight excluding hydrogens is 318 g/mol. The SMILES string of the molecule is CC(C)(C)OC(=O)Nc1ccc(OCCNC2CCCC(N)C2)cc1. The van der Waals surface area contributed by atoms with Crippen LogP contribution in [0.5, 0.6) is 5.75 Å². The van der Waals surface area contributed by atoms with E-state index in [1.165, 1.54) is 12.8 Å². The number of amides is 1. The van der Waals surface area contributed by atoms with Gasteiger partial charge in [0.15, 0.2) is 0 Å². The van der Waals surface area contributed by atoms with Crippen LogP contribution in [0.1, 0.15) is 46.5 Å².